The Bertz CT molecular complexity index is 592. The molecule has 1 saturated carbocycles. The van der Waals surface area contributed by atoms with Gasteiger partial charge in [0.2, 0.25) is 0 Å². The first-order chi connectivity index (χ1) is 10.6. The molecule has 1 N–H and O–H groups in total. The Morgan fingerprint density at radius 2 is 1.59 bits per heavy atom. The lowest BCUT2D eigenvalue weighted by atomic mass is 9.58. The highest BCUT2D eigenvalue weighted by molar-refractivity contribution is 6.20. The van der Waals surface area contributed by atoms with E-state index in [1.165, 1.54) is 5.01 Å². The van der Waals surface area contributed by atoms with Gasteiger partial charge in [-0.15, -0.1) is 0 Å². The van der Waals surface area contributed by atoms with Gasteiger partial charge in [-0.25, -0.2) is 10.0 Å². The van der Waals surface area contributed by atoms with E-state index in [9.17, 15) is 14.7 Å². The number of hydrogen-bond donors (Lipinski definition) is 1. The van der Waals surface area contributed by atoms with Crippen LogP contribution in [0.15, 0.2) is 24.3 Å². The van der Waals surface area contributed by atoms with Crippen LogP contribution in [0.1, 0.15) is 46.4 Å². The van der Waals surface area contributed by atoms with Gasteiger partial charge in [0.1, 0.15) is 0 Å². The van der Waals surface area contributed by atoms with E-state index in [4.69, 9.17) is 0 Å². The topological polar surface area (TPSA) is 60.9 Å². The smallest absolute Gasteiger partial charge is 0.276 e. The van der Waals surface area contributed by atoms with Crippen LogP contribution in [0.5, 0.6) is 0 Å². The van der Waals surface area contributed by atoms with Crippen molar-refractivity contribution in [2.75, 3.05) is 19.7 Å². The zero-order valence-electron chi connectivity index (χ0n) is 12.5. The van der Waals surface area contributed by atoms with Gasteiger partial charge in [0.15, 0.2) is 0 Å². The molecule has 0 unspecified atom stereocenters. The molecule has 0 aromatic heterocycles. The summed E-state index contributed by atoms with van der Waals surface area (Å²) in [5.74, 6) is 0.0580. The third kappa shape index (κ3) is 1.92. The van der Waals surface area contributed by atoms with Crippen LogP contribution in [0.4, 0.5) is 0 Å². The van der Waals surface area contributed by atoms with Crippen LogP contribution in [0.2, 0.25) is 0 Å². The molecule has 1 saturated heterocycles. The Hall–Kier alpha value is -1.72. The molecule has 5 heteroatoms. The molecule has 1 aromatic rings. The second-order valence-corrected chi connectivity index (χ2v) is 6.88. The Balaban J connectivity index is 1.47. The van der Waals surface area contributed by atoms with Gasteiger partial charge in [0, 0.05) is 19.7 Å². The van der Waals surface area contributed by atoms with E-state index in [0.717, 1.165) is 38.8 Å². The molecule has 2 aliphatic heterocycles. The number of benzene rings is 1. The summed E-state index contributed by atoms with van der Waals surface area (Å²) in [6.07, 6.45) is 4.16. The van der Waals surface area contributed by atoms with Gasteiger partial charge in [-0.05, 0) is 49.1 Å². The lowest BCUT2D eigenvalue weighted by molar-refractivity contribution is -0.0757. The van der Waals surface area contributed by atoms with Crippen LogP contribution in [-0.4, -0.2) is 46.6 Å². The summed E-state index contributed by atoms with van der Waals surface area (Å²) in [6, 6.07) is 7.03. The maximum absolute atomic E-state index is 12.5. The predicted molar refractivity (Wildman–Crippen MR) is 80.0 cm³/mol. The molecule has 0 bridgehead atoms. The summed E-state index contributed by atoms with van der Waals surface area (Å²) in [5, 5.41) is 12.4. The highest BCUT2D eigenvalue weighted by atomic mass is 16.3. The van der Waals surface area contributed by atoms with Gasteiger partial charge >= 0.3 is 0 Å². The zero-order valence-corrected chi connectivity index (χ0v) is 12.5. The number of hydrazine groups is 1. The molecule has 116 valence electrons. The molecule has 4 rings (SSSR count). The minimum absolute atomic E-state index is 0.196. The molecular weight excluding hydrogens is 280 g/mol. The molecule has 1 spiro atoms. The highest BCUT2D eigenvalue weighted by Crippen LogP contribution is 2.52. The maximum Gasteiger partial charge on any atom is 0.276 e. The molecule has 1 aliphatic carbocycles. The number of rotatable bonds is 2. The molecule has 0 radical (unpaired) electrons. The molecule has 2 fully saturated rings. The van der Waals surface area contributed by atoms with Crippen molar-refractivity contribution in [2.24, 2.45) is 11.3 Å². The van der Waals surface area contributed by atoms with E-state index in [0.29, 0.717) is 22.5 Å². The largest absolute Gasteiger partial charge is 0.396 e. The van der Waals surface area contributed by atoms with Gasteiger partial charge in [-0.1, -0.05) is 12.1 Å². The first-order valence-corrected chi connectivity index (χ1v) is 7.97. The molecule has 2 heterocycles. The number of piperidine rings is 1. The molecule has 0 atom stereocenters. The van der Waals surface area contributed by atoms with Gasteiger partial charge in [0.05, 0.1) is 11.1 Å². The fourth-order valence-corrected chi connectivity index (χ4v) is 4.30. The number of amides is 2. The second kappa shape index (κ2) is 4.89. The molecule has 2 amide bonds. The first-order valence-electron chi connectivity index (χ1n) is 7.97. The Morgan fingerprint density at radius 1 is 1.05 bits per heavy atom. The lowest BCUT2D eigenvalue weighted by Crippen LogP contribution is -2.54. The molecule has 5 nitrogen and oxygen atoms in total. The monoisotopic (exact) mass is 300 g/mol. The van der Waals surface area contributed by atoms with Gasteiger partial charge in [-0.2, -0.15) is 0 Å². The minimum atomic E-state index is -0.196. The van der Waals surface area contributed by atoms with Crippen LogP contribution in [0, 0.1) is 11.3 Å². The minimum Gasteiger partial charge on any atom is -0.396 e. The number of carbonyl (C=O) groups excluding carboxylic acids is 2. The quantitative estimate of drug-likeness (QED) is 0.844. The summed E-state index contributed by atoms with van der Waals surface area (Å²) in [6.45, 7) is 1.76. The zero-order chi connectivity index (χ0) is 15.3. The van der Waals surface area contributed by atoms with E-state index in [1.54, 1.807) is 24.3 Å². The standard InChI is InChI=1S/C17H20N2O3/c20-11-12-9-17(10-12)5-7-18(8-6-17)19-15(21)13-3-1-2-4-14(13)16(19)22/h1-4,12,20H,5-11H2. The fourth-order valence-electron chi connectivity index (χ4n) is 4.30. The number of fused-ring (bicyclic) bond motifs is 1. The summed E-state index contributed by atoms with van der Waals surface area (Å²) in [7, 11) is 0. The van der Waals surface area contributed by atoms with E-state index in [2.05, 4.69) is 0 Å². The number of nitrogens with zero attached hydrogens (tertiary/aromatic N) is 2. The SMILES string of the molecule is O=C1c2ccccc2C(=O)N1N1CCC2(CC1)CC(CO)C2. The summed E-state index contributed by atoms with van der Waals surface area (Å²) >= 11 is 0. The van der Waals surface area contributed by atoms with Crippen LogP contribution in [0.3, 0.4) is 0 Å². The van der Waals surface area contributed by atoms with Crippen LogP contribution in [-0.2, 0) is 0 Å². The summed E-state index contributed by atoms with van der Waals surface area (Å²) < 4.78 is 0. The van der Waals surface area contributed by atoms with Crippen LogP contribution in [0.25, 0.3) is 0 Å². The van der Waals surface area contributed by atoms with Crippen molar-refractivity contribution in [3.63, 3.8) is 0 Å². The maximum atomic E-state index is 12.5. The van der Waals surface area contributed by atoms with Gasteiger partial charge < -0.3 is 5.11 Å². The summed E-state index contributed by atoms with van der Waals surface area (Å²) in [5.41, 5.74) is 1.36. The summed E-state index contributed by atoms with van der Waals surface area (Å²) in [4.78, 5) is 25.0. The molecule has 3 aliphatic rings. The van der Waals surface area contributed by atoms with Crippen molar-refractivity contribution in [1.29, 1.82) is 0 Å². The van der Waals surface area contributed by atoms with Crippen molar-refractivity contribution in [2.45, 2.75) is 25.7 Å². The highest BCUT2D eigenvalue weighted by Gasteiger charge is 2.48. The number of aliphatic hydroxyl groups is 1. The average molecular weight is 300 g/mol. The number of imide groups is 1. The third-order valence-corrected chi connectivity index (χ3v) is 5.56. The normalized spacial score (nSPS) is 24.7. The molecular formula is C17H20N2O3. The van der Waals surface area contributed by atoms with Crippen molar-refractivity contribution >= 4 is 11.8 Å². The van der Waals surface area contributed by atoms with E-state index >= 15 is 0 Å². The average Bonchev–Trinajstić information content (AvgIpc) is 2.77. The molecule has 22 heavy (non-hydrogen) atoms. The van der Waals surface area contributed by atoms with Gasteiger partial charge in [0.25, 0.3) is 11.8 Å². The lowest BCUT2D eigenvalue weighted by Gasteiger charge is -2.52. The van der Waals surface area contributed by atoms with Crippen molar-refractivity contribution in [1.82, 2.24) is 10.0 Å². The predicted octanol–water partition coefficient (Wildman–Crippen LogP) is 1.68. The molecule has 1 aromatic carbocycles. The van der Waals surface area contributed by atoms with Crippen LogP contribution >= 0.6 is 0 Å². The van der Waals surface area contributed by atoms with Crippen molar-refractivity contribution < 1.29 is 14.7 Å². The van der Waals surface area contributed by atoms with E-state index < -0.39 is 0 Å². The van der Waals surface area contributed by atoms with E-state index in [1.807, 2.05) is 5.01 Å². The Kier molecular flexibility index (Phi) is 3.09. The second-order valence-electron chi connectivity index (χ2n) is 6.88. The Morgan fingerprint density at radius 3 is 2.09 bits per heavy atom. The van der Waals surface area contributed by atoms with Crippen molar-refractivity contribution in [3.8, 4) is 0 Å². The third-order valence-electron chi connectivity index (χ3n) is 5.56. The van der Waals surface area contributed by atoms with Crippen LogP contribution < -0.4 is 0 Å². The number of aliphatic hydroxyl groups excluding tert-OH is 1. The Labute approximate surface area is 129 Å². The van der Waals surface area contributed by atoms with Gasteiger partial charge in [-0.3, -0.25) is 9.59 Å². The number of carbonyl (C=O) groups is 2. The number of hydrogen-bond acceptors (Lipinski definition) is 4. The first kappa shape index (κ1) is 13.9. The van der Waals surface area contributed by atoms with Crippen molar-refractivity contribution in [3.05, 3.63) is 35.4 Å². The fraction of sp³-hybridized carbons (Fsp3) is 0.529. The van der Waals surface area contributed by atoms with E-state index in [-0.39, 0.29) is 18.4 Å².